The van der Waals surface area contributed by atoms with Crippen LogP contribution in [-0.4, -0.2) is 21.1 Å². The fraction of sp³-hybridized carbons (Fsp3) is 0.222. The van der Waals surface area contributed by atoms with Gasteiger partial charge in [-0.15, -0.1) is 0 Å². The molecule has 0 aromatic heterocycles. The van der Waals surface area contributed by atoms with Gasteiger partial charge in [-0.1, -0.05) is 0 Å². The van der Waals surface area contributed by atoms with Crippen LogP contribution in [0.3, 0.4) is 0 Å². The molecule has 1 aromatic carbocycles. The highest BCUT2D eigenvalue weighted by Crippen LogP contribution is 2.26. The molecule has 0 saturated carbocycles. The van der Waals surface area contributed by atoms with E-state index in [0.29, 0.717) is 5.69 Å². The highest BCUT2D eigenvalue weighted by atomic mass is 32.2. The molecule has 2 atom stereocenters. The number of hydrogen-bond acceptors (Lipinski definition) is 5. The summed E-state index contributed by atoms with van der Waals surface area (Å²) in [4.78, 5) is 21.5. The minimum absolute atomic E-state index is 0.0971. The Morgan fingerprint density at radius 2 is 2.00 bits per heavy atom. The van der Waals surface area contributed by atoms with Gasteiger partial charge in [0.05, 0.1) is 10.6 Å². The Balaban J connectivity index is 2.32. The zero-order chi connectivity index (χ0) is 12.6. The van der Waals surface area contributed by atoms with Crippen molar-refractivity contribution in [2.24, 2.45) is 0 Å². The quantitative estimate of drug-likeness (QED) is 0.580. The molecule has 1 saturated heterocycles. The van der Waals surface area contributed by atoms with E-state index in [-0.39, 0.29) is 5.69 Å². The van der Waals surface area contributed by atoms with E-state index in [1.807, 2.05) is 0 Å². The number of non-ortho nitro benzene ring substituents is 1. The van der Waals surface area contributed by atoms with Gasteiger partial charge in [0.1, 0.15) is 0 Å². The fourth-order valence-corrected chi connectivity index (χ4v) is 2.37. The summed E-state index contributed by atoms with van der Waals surface area (Å²) in [7, 11) is 0. The second kappa shape index (κ2) is 4.22. The van der Waals surface area contributed by atoms with Gasteiger partial charge >= 0.3 is 0 Å². The highest BCUT2D eigenvalue weighted by molar-refractivity contribution is 7.83. The summed E-state index contributed by atoms with van der Waals surface area (Å²) in [6, 6.07) is 5.19. The van der Waals surface area contributed by atoms with Crippen LogP contribution in [0.15, 0.2) is 24.3 Å². The third kappa shape index (κ3) is 2.04. The number of hydrogen-bond donors (Lipinski definition) is 0. The first kappa shape index (κ1) is 11.7. The lowest BCUT2D eigenvalue weighted by atomic mass is 10.2. The molecular formula is C9H8N2O5S. The predicted molar refractivity (Wildman–Crippen MR) is 59.3 cm³/mol. The third-order valence-electron chi connectivity index (χ3n) is 2.22. The molecule has 2 rings (SSSR count). The second-order valence-corrected chi connectivity index (χ2v) is 4.35. The van der Waals surface area contributed by atoms with Gasteiger partial charge in [0.15, 0.2) is 6.10 Å². The number of nitro groups is 1. The number of anilines is 1. The lowest BCUT2D eigenvalue weighted by Crippen LogP contribution is -2.28. The first-order valence-electron chi connectivity index (χ1n) is 4.68. The average Bonchev–Trinajstić information content (AvgIpc) is 2.53. The predicted octanol–water partition coefficient (Wildman–Crippen LogP) is 0.925. The van der Waals surface area contributed by atoms with Crippen LogP contribution in [-0.2, 0) is 20.2 Å². The van der Waals surface area contributed by atoms with E-state index in [4.69, 9.17) is 4.18 Å². The van der Waals surface area contributed by atoms with E-state index >= 15 is 0 Å². The van der Waals surface area contributed by atoms with Crippen molar-refractivity contribution in [3.05, 3.63) is 34.4 Å². The van der Waals surface area contributed by atoms with Crippen molar-refractivity contribution in [3.8, 4) is 0 Å². The first-order chi connectivity index (χ1) is 8.00. The van der Waals surface area contributed by atoms with Crippen molar-refractivity contribution in [3.63, 3.8) is 0 Å². The van der Waals surface area contributed by atoms with Crippen LogP contribution in [0.4, 0.5) is 11.4 Å². The molecule has 8 heteroatoms. The zero-order valence-electron chi connectivity index (χ0n) is 8.73. The number of amides is 1. The Hall–Kier alpha value is -1.80. The minimum atomic E-state index is -1.88. The number of carbonyl (C=O) groups is 1. The number of rotatable bonds is 2. The molecule has 1 aliphatic heterocycles. The Kier molecular flexibility index (Phi) is 2.90. The molecule has 0 aliphatic carbocycles. The molecule has 0 spiro atoms. The zero-order valence-corrected chi connectivity index (χ0v) is 9.55. The maximum absolute atomic E-state index is 11.6. The summed E-state index contributed by atoms with van der Waals surface area (Å²) in [5.74, 6) is -0.433. The van der Waals surface area contributed by atoms with E-state index in [9.17, 15) is 19.1 Å². The van der Waals surface area contributed by atoms with Gasteiger partial charge in [-0.3, -0.25) is 19.1 Å². The number of carbonyl (C=O) groups excluding carboxylic acids is 1. The molecule has 17 heavy (non-hydrogen) atoms. The van der Waals surface area contributed by atoms with Crippen molar-refractivity contribution < 1.29 is 18.1 Å². The summed E-state index contributed by atoms with van der Waals surface area (Å²) in [5, 5.41) is 10.5. The number of benzene rings is 1. The molecule has 1 aliphatic rings. The number of nitro benzene ring substituents is 1. The van der Waals surface area contributed by atoms with Gasteiger partial charge in [0.25, 0.3) is 22.9 Å². The fourth-order valence-electron chi connectivity index (χ4n) is 1.37. The van der Waals surface area contributed by atoms with Crippen molar-refractivity contribution in [2.45, 2.75) is 13.0 Å². The van der Waals surface area contributed by atoms with E-state index in [2.05, 4.69) is 0 Å². The molecule has 2 unspecified atom stereocenters. The highest BCUT2D eigenvalue weighted by Gasteiger charge is 2.37. The van der Waals surface area contributed by atoms with Crippen molar-refractivity contribution in [1.82, 2.24) is 0 Å². The third-order valence-corrected chi connectivity index (χ3v) is 3.36. The largest absolute Gasteiger partial charge is 0.272 e. The summed E-state index contributed by atoms with van der Waals surface area (Å²) in [6.45, 7) is 1.49. The summed E-state index contributed by atoms with van der Waals surface area (Å²) >= 11 is -1.88. The van der Waals surface area contributed by atoms with Crippen LogP contribution in [0, 0.1) is 10.1 Å². The van der Waals surface area contributed by atoms with Gasteiger partial charge in [-0.05, 0) is 19.1 Å². The van der Waals surface area contributed by atoms with E-state index in [1.165, 1.54) is 31.2 Å². The van der Waals surface area contributed by atoms with Crippen LogP contribution in [0.1, 0.15) is 6.92 Å². The molecule has 1 amide bonds. The Morgan fingerprint density at radius 1 is 1.41 bits per heavy atom. The lowest BCUT2D eigenvalue weighted by Gasteiger charge is -2.10. The van der Waals surface area contributed by atoms with Crippen LogP contribution in [0.5, 0.6) is 0 Å². The van der Waals surface area contributed by atoms with Gasteiger partial charge < -0.3 is 0 Å². The molecule has 90 valence electrons. The van der Waals surface area contributed by atoms with Gasteiger partial charge in [-0.25, -0.2) is 8.51 Å². The summed E-state index contributed by atoms with van der Waals surface area (Å²) in [6.07, 6.45) is -0.772. The maximum atomic E-state index is 11.6. The topological polar surface area (TPSA) is 89.8 Å². The minimum Gasteiger partial charge on any atom is -0.270 e. The molecular weight excluding hydrogens is 248 g/mol. The normalized spacial score (nSPS) is 24.1. The summed E-state index contributed by atoms with van der Waals surface area (Å²) in [5.41, 5.74) is 0.212. The Morgan fingerprint density at radius 3 is 2.41 bits per heavy atom. The molecule has 7 nitrogen and oxygen atoms in total. The monoisotopic (exact) mass is 256 g/mol. The SMILES string of the molecule is CC1OS(=O)N(c2ccc([N+](=O)[O-])cc2)C1=O. The molecule has 0 N–H and O–H groups in total. The van der Waals surface area contributed by atoms with Crippen LogP contribution < -0.4 is 4.31 Å². The molecule has 0 bridgehead atoms. The van der Waals surface area contributed by atoms with Crippen LogP contribution in [0.2, 0.25) is 0 Å². The van der Waals surface area contributed by atoms with Crippen molar-refractivity contribution in [1.29, 1.82) is 0 Å². The molecule has 0 radical (unpaired) electrons. The van der Waals surface area contributed by atoms with Crippen molar-refractivity contribution in [2.75, 3.05) is 4.31 Å². The average molecular weight is 256 g/mol. The van der Waals surface area contributed by atoms with Gasteiger partial charge in [0.2, 0.25) is 0 Å². The number of nitrogens with zero attached hydrogens (tertiary/aromatic N) is 2. The van der Waals surface area contributed by atoms with E-state index in [1.54, 1.807) is 0 Å². The lowest BCUT2D eigenvalue weighted by molar-refractivity contribution is -0.384. The summed E-state index contributed by atoms with van der Waals surface area (Å²) < 4.78 is 17.3. The molecule has 1 aromatic rings. The second-order valence-electron chi connectivity index (χ2n) is 3.36. The Bertz CT molecular complexity index is 501. The van der Waals surface area contributed by atoms with E-state index < -0.39 is 28.2 Å². The first-order valence-corrected chi connectivity index (χ1v) is 5.71. The molecule has 1 fully saturated rings. The van der Waals surface area contributed by atoms with Crippen LogP contribution in [0.25, 0.3) is 0 Å². The van der Waals surface area contributed by atoms with Gasteiger partial charge in [-0.2, -0.15) is 0 Å². The molecule has 1 heterocycles. The van der Waals surface area contributed by atoms with E-state index in [0.717, 1.165) is 4.31 Å². The standard InChI is InChI=1S/C9H8N2O5S/c1-6-9(12)10(17(15)16-6)7-2-4-8(5-3-7)11(13)14/h2-6H,1H3. The maximum Gasteiger partial charge on any atom is 0.272 e. The van der Waals surface area contributed by atoms with Crippen molar-refractivity contribution >= 4 is 28.5 Å². The van der Waals surface area contributed by atoms with Crippen LogP contribution >= 0.6 is 0 Å². The Labute approximate surface area is 98.9 Å². The van der Waals surface area contributed by atoms with Gasteiger partial charge in [0, 0.05) is 12.1 Å². The smallest absolute Gasteiger partial charge is 0.270 e.